The van der Waals surface area contributed by atoms with Gasteiger partial charge in [0.2, 0.25) is 0 Å². The highest BCUT2D eigenvalue weighted by atomic mass is 16.5. The first-order chi connectivity index (χ1) is 8.49. The molecular formula is C16H22O2. The Hall–Kier alpha value is -1.05. The van der Waals surface area contributed by atoms with E-state index in [-0.39, 0.29) is 17.4 Å². The molecule has 0 radical (unpaired) electrons. The van der Waals surface area contributed by atoms with Gasteiger partial charge in [-0.05, 0) is 37.3 Å². The number of carbonyl (C=O) groups excluding carboxylic acids is 1. The van der Waals surface area contributed by atoms with Crippen molar-refractivity contribution in [2.24, 2.45) is 11.3 Å². The lowest BCUT2D eigenvalue weighted by Crippen LogP contribution is -2.37. The van der Waals surface area contributed by atoms with Gasteiger partial charge in [0.1, 0.15) is 11.9 Å². The summed E-state index contributed by atoms with van der Waals surface area (Å²) in [6, 6.07) is 0. The third-order valence-corrected chi connectivity index (χ3v) is 4.92. The fraction of sp³-hybridized carbons (Fsp3) is 0.688. The molecule has 0 aromatic heterocycles. The first-order valence-corrected chi connectivity index (χ1v) is 7.11. The summed E-state index contributed by atoms with van der Waals surface area (Å²) < 4.78 is 6.12. The van der Waals surface area contributed by atoms with Crippen molar-refractivity contribution in [3.63, 3.8) is 0 Å². The number of rotatable bonds is 0. The molecule has 98 valence electrons. The molecule has 0 fully saturated rings. The van der Waals surface area contributed by atoms with E-state index in [1.165, 1.54) is 16.9 Å². The van der Waals surface area contributed by atoms with Crippen LogP contribution in [0.3, 0.4) is 0 Å². The quantitative estimate of drug-likeness (QED) is 0.650. The molecule has 2 heteroatoms. The number of ether oxygens (including phenoxy) is 1. The number of fused-ring (bicyclic) bond motifs is 2. The Bertz CT molecular complexity index is 454. The van der Waals surface area contributed by atoms with Crippen molar-refractivity contribution in [2.75, 3.05) is 0 Å². The van der Waals surface area contributed by atoms with Crippen molar-refractivity contribution < 1.29 is 9.53 Å². The molecule has 2 nitrogen and oxygen atoms in total. The van der Waals surface area contributed by atoms with Gasteiger partial charge >= 0.3 is 0 Å². The average Bonchev–Trinajstić information content (AvgIpc) is 2.31. The molecule has 0 saturated heterocycles. The van der Waals surface area contributed by atoms with Crippen LogP contribution in [0.1, 0.15) is 52.9 Å². The lowest BCUT2D eigenvalue weighted by Gasteiger charge is -2.43. The summed E-state index contributed by atoms with van der Waals surface area (Å²) in [5, 5.41) is 0. The van der Waals surface area contributed by atoms with Crippen LogP contribution in [0, 0.1) is 11.3 Å². The number of hydrogen-bond acceptors (Lipinski definition) is 2. The zero-order valence-corrected chi connectivity index (χ0v) is 11.6. The van der Waals surface area contributed by atoms with Crippen LogP contribution in [-0.2, 0) is 9.53 Å². The molecule has 0 amide bonds. The molecule has 0 bridgehead atoms. The Morgan fingerprint density at radius 2 is 2.11 bits per heavy atom. The van der Waals surface area contributed by atoms with Gasteiger partial charge in [0.15, 0.2) is 0 Å². The highest BCUT2D eigenvalue weighted by molar-refractivity contribution is 5.86. The van der Waals surface area contributed by atoms with E-state index in [9.17, 15) is 4.79 Å². The summed E-state index contributed by atoms with van der Waals surface area (Å²) in [4.78, 5) is 12.0. The van der Waals surface area contributed by atoms with Gasteiger partial charge in [0, 0.05) is 24.2 Å². The minimum Gasteiger partial charge on any atom is -0.494 e. The van der Waals surface area contributed by atoms with E-state index < -0.39 is 0 Å². The van der Waals surface area contributed by atoms with E-state index in [2.05, 4.69) is 26.8 Å². The maximum atomic E-state index is 12.0. The third kappa shape index (κ3) is 1.73. The highest BCUT2D eigenvalue weighted by Crippen LogP contribution is 2.48. The van der Waals surface area contributed by atoms with Crippen LogP contribution < -0.4 is 0 Å². The normalized spacial score (nSPS) is 34.4. The molecule has 2 aliphatic carbocycles. The predicted molar refractivity (Wildman–Crippen MR) is 71.0 cm³/mol. The zero-order valence-electron chi connectivity index (χ0n) is 11.6. The summed E-state index contributed by atoms with van der Waals surface area (Å²) in [5.74, 6) is 1.78. The lowest BCUT2D eigenvalue weighted by atomic mass is 9.69. The predicted octanol–water partition coefficient (Wildman–Crippen LogP) is 3.77. The summed E-state index contributed by atoms with van der Waals surface area (Å²) in [5.41, 5.74) is 2.82. The van der Waals surface area contributed by atoms with Gasteiger partial charge in [-0.2, -0.15) is 0 Å². The van der Waals surface area contributed by atoms with E-state index >= 15 is 0 Å². The van der Waals surface area contributed by atoms with Crippen LogP contribution in [0.2, 0.25) is 0 Å². The number of allylic oxidation sites excluding steroid dienone is 4. The number of Topliss-reactive ketones (excluding diaryl/α,β-unsaturated/α-hetero) is 1. The van der Waals surface area contributed by atoms with Crippen LogP contribution in [0.15, 0.2) is 23.0 Å². The van der Waals surface area contributed by atoms with E-state index in [0.29, 0.717) is 5.78 Å². The molecule has 0 saturated carbocycles. The van der Waals surface area contributed by atoms with Crippen LogP contribution >= 0.6 is 0 Å². The van der Waals surface area contributed by atoms with Crippen molar-refractivity contribution in [3.05, 3.63) is 23.0 Å². The Kier molecular flexibility index (Phi) is 2.65. The molecular weight excluding hydrogens is 224 g/mol. The minimum atomic E-state index is 0.169. The monoisotopic (exact) mass is 246 g/mol. The molecule has 0 spiro atoms. The Morgan fingerprint density at radius 3 is 2.89 bits per heavy atom. The van der Waals surface area contributed by atoms with Crippen molar-refractivity contribution in [3.8, 4) is 0 Å². The fourth-order valence-corrected chi connectivity index (χ4v) is 3.40. The molecule has 1 heterocycles. The van der Waals surface area contributed by atoms with Gasteiger partial charge in [-0.3, -0.25) is 4.79 Å². The Morgan fingerprint density at radius 1 is 1.33 bits per heavy atom. The van der Waals surface area contributed by atoms with Gasteiger partial charge in [-0.1, -0.05) is 19.9 Å². The molecule has 2 atom stereocenters. The summed E-state index contributed by atoms with van der Waals surface area (Å²) >= 11 is 0. The molecule has 0 unspecified atom stereocenters. The van der Waals surface area contributed by atoms with Gasteiger partial charge in [-0.15, -0.1) is 0 Å². The topological polar surface area (TPSA) is 26.3 Å². The molecule has 1 aliphatic heterocycles. The number of ketones is 1. The van der Waals surface area contributed by atoms with E-state index in [4.69, 9.17) is 4.74 Å². The van der Waals surface area contributed by atoms with Crippen molar-refractivity contribution in [1.29, 1.82) is 0 Å². The molecule has 3 rings (SSSR count). The second kappa shape index (κ2) is 3.97. The smallest absolute Gasteiger partial charge is 0.140 e. The number of carbonyl (C=O) groups is 1. The molecule has 0 aromatic carbocycles. The van der Waals surface area contributed by atoms with Crippen molar-refractivity contribution >= 4 is 5.78 Å². The standard InChI is InChI=1S/C16H22O2/c1-10-16(2,3)9-13-11-5-4-6-14(17)12(11)7-8-15(13)18-10/h5,10,12H,4,6-9H2,1-3H3/t10-,12+/m1/s1. The molecule has 3 aliphatic rings. The fourth-order valence-electron chi connectivity index (χ4n) is 3.40. The zero-order chi connectivity index (χ0) is 12.9. The Labute approximate surface area is 109 Å². The van der Waals surface area contributed by atoms with Crippen molar-refractivity contribution in [2.45, 2.75) is 59.0 Å². The number of hydrogen-bond donors (Lipinski definition) is 0. The van der Waals surface area contributed by atoms with E-state index in [1.54, 1.807) is 0 Å². The molecule has 18 heavy (non-hydrogen) atoms. The van der Waals surface area contributed by atoms with Crippen LogP contribution in [-0.4, -0.2) is 11.9 Å². The first kappa shape index (κ1) is 12.0. The third-order valence-electron chi connectivity index (χ3n) is 4.92. The Balaban J connectivity index is 2.00. The van der Waals surface area contributed by atoms with Gasteiger partial charge < -0.3 is 4.74 Å². The summed E-state index contributed by atoms with van der Waals surface area (Å²) in [6.07, 6.45) is 7.16. The van der Waals surface area contributed by atoms with Gasteiger partial charge in [0.05, 0.1) is 5.76 Å². The highest BCUT2D eigenvalue weighted by Gasteiger charge is 2.41. The maximum absolute atomic E-state index is 12.0. The van der Waals surface area contributed by atoms with Gasteiger partial charge in [0.25, 0.3) is 0 Å². The maximum Gasteiger partial charge on any atom is 0.140 e. The first-order valence-electron chi connectivity index (χ1n) is 7.11. The van der Waals surface area contributed by atoms with Crippen LogP contribution in [0.5, 0.6) is 0 Å². The average molecular weight is 246 g/mol. The van der Waals surface area contributed by atoms with Crippen molar-refractivity contribution in [1.82, 2.24) is 0 Å². The van der Waals surface area contributed by atoms with Crippen LogP contribution in [0.4, 0.5) is 0 Å². The lowest BCUT2D eigenvalue weighted by molar-refractivity contribution is -0.122. The summed E-state index contributed by atoms with van der Waals surface area (Å²) in [6.45, 7) is 6.68. The second-order valence-corrected chi connectivity index (χ2v) is 6.58. The SMILES string of the molecule is C[C@H]1OC2=C(CC1(C)C)C1=CCCC(=O)[C@H]1CC2. The van der Waals surface area contributed by atoms with E-state index in [0.717, 1.165) is 32.1 Å². The second-order valence-electron chi connectivity index (χ2n) is 6.58. The summed E-state index contributed by atoms with van der Waals surface area (Å²) in [7, 11) is 0. The van der Waals surface area contributed by atoms with E-state index in [1.807, 2.05) is 0 Å². The minimum absolute atomic E-state index is 0.169. The molecule has 0 N–H and O–H groups in total. The van der Waals surface area contributed by atoms with Gasteiger partial charge in [-0.25, -0.2) is 0 Å². The largest absolute Gasteiger partial charge is 0.494 e. The molecule has 0 aromatic rings. The van der Waals surface area contributed by atoms with Crippen LogP contribution in [0.25, 0.3) is 0 Å².